The van der Waals surface area contributed by atoms with Crippen molar-refractivity contribution in [3.8, 4) is 5.75 Å². The fourth-order valence-electron chi connectivity index (χ4n) is 4.06. The molecule has 182 valence electrons. The van der Waals surface area contributed by atoms with Crippen LogP contribution in [0, 0.1) is 0 Å². The zero-order chi connectivity index (χ0) is 24.6. The standard InChI is InChI=1S/C22H27N5O7/c1-4-33-13-7-5-12(6-8-13)19(30)24-14-10-34-15(18(29)17(14)28)9-27-11-23-16-20(27)25(2)22(32)26(3)21(16)31/h5-8,11,14-15,17-18,28-29H,4,9-10H2,1-3H3,(H,24,30)/t14-,15-,17+,18-/m1/s1. The number of fused-ring (bicyclic) bond motifs is 1. The van der Waals surface area contributed by atoms with Crippen molar-refractivity contribution in [2.45, 2.75) is 37.8 Å². The maximum absolute atomic E-state index is 12.6. The van der Waals surface area contributed by atoms with E-state index < -0.39 is 41.5 Å². The van der Waals surface area contributed by atoms with E-state index in [4.69, 9.17) is 9.47 Å². The molecule has 3 heterocycles. The van der Waals surface area contributed by atoms with Gasteiger partial charge in [0, 0.05) is 19.7 Å². The third-order valence-corrected chi connectivity index (χ3v) is 5.96. The van der Waals surface area contributed by atoms with Gasteiger partial charge in [0.15, 0.2) is 5.52 Å². The van der Waals surface area contributed by atoms with Gasteiger partial charge in [0.05, 0.1) is 32.1 Å². The number of rotatable bonds is 6. The van der Waals surface area contributed by atoms with Gasteiger partial charge in [-0.1, -0.05) is 0 Å². The smallest absolute Gasteiger partial charge is 0.332 e. The number of nitrogens with zero attached hydrogens (tertiary/aromatic N) is 4. The summed E-state index contributed by atoms with van der Waals surface area (Å²) in [5.41, 5.74) is -0.277. The molecule has 1 aromatic carbocycles. The van der Waals surface area contributed by atoms with Gasteiger partial charge >= 0.3 is 5.69 Å². The van der Waals surface area contributed by atoms with Crippen LogP contribution in [0.5, 0.6) is 5.75 Å². The molecule has 0 spiro atoms. The normalized spacial score (nSPS) is 22.6. The van der Waals surface area contributed by atoms with Crippen LogP contribution < -0.4 is 21.3 Å². The Balaban J connectivity index is 1.46. The van der Waals surface area contributed by atoms with E-state index in [1.807, 2.05) is 6.92 Å². The Hall–Kier alpha value is -3.48. The Bertz CT molecular complexity index is 1310. The number of aliphatic hydroxyl groups is 2. The summed E-state index contributed by atoms with van der Waals surface area (Å²) < 4.78 is 14.9. The first-order chi connectivity index (χ1) is 16.2. The SMILES string of the molecule is CCOc1ccc(C(=O)N[C@@H]2CO[C@H](Cn3cnc4c(=O)n(C)c(=O)n(C)c43)[C@@H](O)[C@H]2O)cc1. The minimum Gasteiger partial charge on any atom is -0.494 e. The van der Waals surface area contributed by atoms with Gasteiger partial charge in [0.2, 0.25) is 0 Å². The average molecular weight is 473 g/mol. The molecule has 3 aromatic rings. The lowest BCUT2D eigenvalue weighted by molar-refractivity contribution is -0.152. The number of aryl methyl sites for hydroxylation is 1. The molecule has 3 N–H and O–H groups in total. The van der Waals surface area contributed by atoms with Crippen molar-refractivity contribution in [1.29, 1.82) is 0 Å². The summed E-state index contributed by atoms with van der Waals surface area (Å²) in [5.74, 6) is 0.216. The monoisotopic (exact) mass is 473 g/mol. The van der Waals surface area contributed by atoms with E-state index in [1.54, 1.807) is 24.3 Å². The van der Waals surface area contributed by atoms with Crippen molar-refractivity contribution in [2.24, 2.45) is 14.1 Å². The quantitative estimate of drug-likeness (QED) is 0.402. The van der Waals surface area contributed by atoms with Crippen molar-refractivity contribution in [3.05, 3.63) is 57.0 Å². The number of amides is 1. The van der Waals surface area contributed by atoms with Crippen molar-refractivity contribution < 1.29 is 24.5 Å². The summed E-state index contributed by atoms with van der Waals surface area (Å²) in [6.45, 7) is 2.37. The fourth-order valence-corrected chi connectivity index (χ4v) is 4.06. The zero-order valence-corrected chi connectivity index (χ0v) is 19.0. The molecule has 12 heteroatoms. The zero-order valence-electron chi connectivity index (χ0n) is 19.0. The number of nitrogens with one attached hydrogen (secondary N) is 1. The number of benzene rings is 1. The van der Waals surface area contributed by atoms with Gasteiger partial charge in [-0.05, 0) is 31.2 Å². The molecule has 2 aromatic heterocycles. The average Bonchev–Trinajstić information content (AvgIpc) is 3.25. The summed E-state index contributed by atoms with van der Waals surface area (Å²) in [6, 6.07) is 5.73. The van der Waals surface area contributed by atoms with Gasteiger partial charge in [-0.25, -0.2) is 9.78 Å². The molecule has 0 radical (unpaired) electrons. The number of carbonyl (C=O) groups is 1. The lowest BCUT2D eigenvalue weighted by atomic mass is 9.97. The Morgan fingerprint density at radius 2 is 1.88 bits per heavy atom. The summed E-state index contributed by atoms with van der Waals surface area (Å²) in [7, 11) is 2.89. The number of hydrogen-bond acceptors (Lipinski definition) is 8. The third-order valence-electron chi connectivity index (χ3n) is 5.96. The predicted octanol–water partition coefficient (Wildman–Crippen LogP) is -1.25. The summed E-state index contributed by atoms with van der Waals surface area (Å²) in [6.07, 6.45) is -2.10. The second-order valence-corrected chi connectivity index (χ2v) is 8.17. The van der Waals surface area contributed by atoms with Gasteiger partial charge in [-0.3, -0.25) is 18.7 Å². The highest BCUT2D eigenvalue weighted by Gasteiger charge is 2.39. The van der Waals surface area contributed by atoms with Gasteiger partial charge in [-0.15, -0.1) is 0 Å². The summed E-state index contributed by atoms with van der Waals surface area (Å²) in [5, 5.41) is 24.0. The molecule has 1 aliphatic heterocycles. The van der Waals surface area contributed by atoms with Gasteiger partial charge in [-0.2, -0.15) is 0 Å². The van der Waals surface area contributed by atoms with Crippen LogP contribution in [0.2, 0.25) is 0 Å². The third kappa shape index (κ3) is 4.22. The lowest BCUT2D eigenvalue weighted by Gasteiger charge is -2.38. The van der Waals surface area contributed by atoms with Crippen molar-refractivity contribution >= 4 is 17.1 Å². The first kappa shape index (κ1) is 23.7. The Kier molecular flexibility index (Phi) is 6.55. The number of carbonyl (C=O) groups excluding carboxylic acids is 1. The minimum atomic E-state index is -1.33. The molecule has 4 atom stereocenters. The molecular formula is C22H27N5O7. The molecule has 1 amide bonds. The molecular weight excluding hydrogens is 446 g/mol. The highest BCUT2D eigenvalue weighted by Crippen LogP contribution is 2.20. The molecule has 0 unspecified atom stereocenters. The maximum atomic E-state index is 12.6. The maximum Gasteiger partial charge on any atom is 0.332 e. The predicted molar refractivity (Wildman–Crippen MR) is 121 cm³/mol. The summed E-state index contributed by atoms with van der Waals surface area (Å²) in [4.78, 5) is 41.3. The number of ether oxygens (including phenoxy) is 2. The van der Waals surface area contributed by atoms with Crippen LogP contribution >= 0.6 is 0 Å². The fraction of sp³-hybridized carbons (Fsp3) is 0.455. The Labute approximate surface area is 194 Å². The molecule has 0 aliphatic carbocycles. The Morgan fingerprint density at radius 1 is 1.18 bits per heavy atom. The highest BCUT2D eigenvalue weighted by molar-refractivity contribution is 5.94. The van der Waals surface area contributed by atoms with Crippen LogP contribution in [0.15, 0.2) is 40.2 Å². The number of aromatic nitrogens is 4. The molecule has 1 fully saturated rings. The van der Waals surface area contributed by atoms with E-state index in [2.05, 4.69) is 10.3 Å². The second kappa shape index (κ2) is 9.41. The van der Waals surface area contributed by atoms with Gasteiger partial charge in [0.25, 0.3) is 11.5 Å². The number of imidazole rings is 1. The molecule has 1 saturated heterocycles. The van der Waals surface area contributed by atoms with Crippen molar-refractivity contribution in [3.63, 3.8) is 0 Å². The lowest BCUT2D eigenvalue weighted by Crippen LogP contribution is -2.60. The van der Waals surface area contributed by atoms with Crippen LogP contribution in [-0.4, -0.2) is 72.4 Å². The molecule has 0 bridgehead atoms. The minimum absolute atomic E-state index is 0.0364. The van der Waals surface area contributed by atoms with E-state index in [9.17, 15) is 24.6 Å². The molecule has 34 heavy (non-hydrogen) atoms. The van der Waals surface area contributed by atoms with Gasteiger partial charge in [0.1, 0.15) is 29.7 Å². The number of aliphatic hydroxyl groups excluding tert-OH is 2. The van der Waals surface area contributed by atoms with E-state index in [-0.39, 0.29) is 24.3 Å². The largest absolute Gasteiger partial charge is 0.494 e. The number of hydrogen-bond donors (Lipinski definition) is 3. The van der Waals surface area contributed by atoms with E-state index in [1.165, 1.54) is 29.6 Å². The molecule has 4 rings (SSSR count). The topological polar surface area (TPSA) is 150 Å². The molecule has 0 saturated carbocycles. The van der Waals surface area contributed by atoms with Crippen LogP contribution in [0.4, 0.5) is 0 Å². The van der Waals surface area contributed by atoms with Crippen LogP contribution in [0.3, 0.4) is 0 Å². The first-order valence-electron chi connectivity index (χ1n) is 10.8. The van der Waals surface area contributed by atoms with E-state index in [0.717, 1.165) is 4.57 Å². The second-order valence-electron chi connectivity index (χ2n) is 8.17. The van der Waals surface area contributed by atoms with Crippen LogP contribution in [0.1, 0.15) is 17.3 Å². The van der Waals surface area contributed by atoms with E-state index in [0.29, 0.717) is 17.9 Å². The first-order valence-corrected chi connectivity index (χ1v) is 10.8. The van der Waals surface area contributed by atoms with Gasteiger partial charge < -0.3 is 29.6 Å². The highest BCUT2D eigenvalue weighted by atomic mass is 16.5. The van der Waals surface area contributed by atoms with Crippen molar-refractivity contribution in [2.75, 3.05) is 13.2 Å². The van der Waals surface area contributed by atoms with Crippen LogP contribution in [-0.2, 0) is 25.4 Å². The van der Waals surface area contributed by atoms with Crippen LogP contribution in [0.25, 0.3) is 11.2 Å². The molecule has 12 nitrogen and oxygen atoms in total. The summed E-state index contributed by atoms with van der Waals surface area (Å²) >= 11 is 0. The van der Waals surface area contributed by atoms with E-state index >= 15 is 0 Å². The van der Waals surface area contributed by atoms with Crippen molar-refractivity contribution in [1.82, 2.24) is 24.0 Å². The Morgan fingerprint density at radius 3 is 2.56 bits per heavy atom. The molecule has 1 aliphatic rings.